The molecule has 300 valence electrons. The van der Waals surface area contributed by atoms with E-state index in [2.05, 4.69) is 57.8 Å². The first kappa shape index (κ1) is 37.4. The number of benzene rings is 1. The molecule has 3 saturated heterocycles. The van der Waals surface area contributed by atoms with Crippen LogP contribution < -0.4 is 10.2 Å². The SMILES string of the molecule is CC(C)n1cnc2cc(-c3ccc4c(c3)N(C3CC(N5CCCCC5)C3)C(=O)C43CCN(C(=O)C4CCN(C(=O)OC(C)(C)C)CC4)CC3)nc(NC3CC3)c21. The van der Waals surface area contributed by atoms with Gasteiger partial charge in [-0.25, -0.2) is 14.8 Å². The lowest BCUT2D eigenvalue weighted by Gasteiger charge is -2.48. The number of rotatable bonds is 7. The molecule has 2 aliphatic carbocycles. The van der Waals surface area contributed by atoms with Crippen molar-refractivity contribution in [1.29, 1.82) is 0 Å². The van der Waals surface area contributed by atoms with Crippen molar-refractivity contribution < 1.29 is 19.1 Å². The summed E-state index contributed by atoms with van der Waals surface area (Å²) in [6.45, 7) is 14.4. The fourth-order valence-corrected chi connectivity index (χ4v) is 10.1. The van der Waals surface area contributed by atoms with Crippen LogP contribution >= 0.6 is 0 Å². The van der Waals surface area contributed by atoms with Crippen molar-refractivity contribution in [2.45, 2.75) is 140 Å². The van der Waals surface area contributed by atoms with Crippen molar-refractivity contribution in [3.63, 3.8) is 0 Å². The molecule has 6 aliphatic rings. The van der Waals surface area contributed by atoms with Crippen LogP contribution in [0.1, 0.15) is 117 Å². The number of carbonyl (C=O) groups is 3. The summed E-state index contributed by atoms with van der Waals surface area (Å²) in [6.07, 6.45) is 12.3. The van der Waals surface area contributed by atoms with Gasteiger partial charge in [-0.15, -0.1) is 0 Å². The third-order valence-electron chi connectivity index (χ3n) is 13.5. The zero-order valence-electron chi connectivity index (χ0n) is 34.1. The topological polar surface area (TPSA) is 116 Å². The third-order valence-corrected chi connectivity index (χ3v) is 13.5. The second-order valence-electron chi connectivity index (χ2n) is 18.8. The number of piperidine rings is 3. The number of amides is 3. The summed E-state index contributed by atoms with van der Waals surface area (Å²) in [5.74, 6) is 1.12. The van der Waals surface area contributed by atoms with Gasteiger partial charge in [-0.1, -0.05) is 18.6 Å². The van der Waals surface area contributed by atoms with Crippen molar-refractivity contribution in [3.8, 4) is 11.3 Å². The summed E-state index contributed by atoms with van der Waals surface area (Å²) in [5.41, 5.74) is 4.76. The van der Waals surface area contributed by atoms with E-state index in [0.29, 0.717) is 63.9 Å². The minimum atomic E-state index is -0.646. The van der Waals surface area contributed by atoms with Gasteiger partial charge in [0.1, 0.15) is 11.1 Å². The average Bonchev–Trinajstić information content (AvgIpc) is 3.83. The van der Waals surface area contributed by atoms with E-state index in [1.807, 2.05) is 32.0 Å². The zero-order valence-corrected chi connectivity index (χ0v) is 34.1. The highest BCUT2D eigenvalue weighted by atomic mass is 16.6. The number of likely N-dealkylation sites (tertiary alicyclic amines) is 3. The Balaban J connectivity index is 0.972. The first-order valence-electron chi connectivity index (χ1n) is 21.5. The summed E-state index contributed by atoms with van der Waals surface area (Å²) in [6, 6.07) is 10.1. The Labute approximate surface area is 331 Å². The van der Waals surface area contributed by atoms with Gasteiger partial charge < -0.3 is 34.2 Å². The predicted octanol–water partition coefficient (Wildman–Crippen LogP) is 7.12. The normalized spacial score (nSPS) is 24.5. The van der Waals surface area contributed by atoms with E-state index < -0.39 is 11.0 Å². The van der Waals surface area contributed by atoms with Crippen molar-refractivity contribution >= 4 is 40.4 Å². The maximum atomic E-state index is 15.0. The molecular formula is C44H60N8O4. The number of fused-ring (bicyclic) bond motifs is 3. The Kier molecular flexibility index (Phi) is 9.56. The Bertz CT molecular complexity index is 1990. The number of hydrogen-bond acceptors (Lipinski definition) is 8. The maximum Gasteiger partial charge on any atom is 0.410 e. The number of nitrogens with one attached hydrogen (secondary N) is 1. The number of nitrogens with zero attached hydrogens (tertiary/aromatic N) is 7. The molecule has 4 aliphatic heterocycles. The van der Waals surface area contributed by atoms with Crippen molar-refractivity contribution in [3.05, 3.63) is 36.2 Å². The van der Waals surface area contributed by atoms with Crippen LogP contribution in [0.15, 0.2) is 30.6 Å². The van der Waals surface area contributed by atoms with Gasteiger partial charge in [0.25, 0.3) is 0 Å². The molecule has 6 heterocycles. The lowest BCUT2D eigenvalue weighted by molar-refractivity contribution is -0.140. The second-order valence-corrected chi connectivity index (χ2v) is 18.8. The van der Waals surface area contributed by atoms with Crippen molar-refractivity contribution in [2.24, 2.45) is 5.92 Å². The van der Waals surface area contributed by atoms with E-state index in [4.69, 9.17) is 14.7 Å². The summed E-state index contributed by atoms with van der Waals surface area (Å²) >= 11 is 0. The molecule has 2 aromatic heterocycles. The van der Waals surface area contributed by atoms with E-state index in [0.717, 1.165) is 78.1 Å². The molecule has 9 rings (SSSR count). The molecule has 2 saturated carbocycles. The maximum absolute atomic E-state index is 15.0. The number of imidazole rings is 1. The largest absolute Gasteiger partial charge is 0.444 e. The minimum absolute atomic E-state index is 0.119. The number of pyridine rings is 1. The predicted molar refractivity (Wildman–Crippen MR) is 218 cm³/mol. The van der Waals surface area contributed by atoms with E-state index in [-0.39, 0.29) is 35.9 Å². The van der Waals surface area contributed by atoms with Crippen molar-refractivity contribution in [1.82, 2.24) is 29.2 Å². The summed E-state index contributed by atoms with van der Waals surface area (Å²) in [7, 11) is 0. The smallest absolute Gasteiger partial charge is 0.410 e. The Hall–Kier alpha value is -4.19. The first-order valence-corrected chi connectivity index (χ1v) is 21.5. The summed E-state index contributed by atoms with van der Waals surface area (Å²) < 4.78 is 7.78. The number of ether oxygens (including phenoxy) is 1. The van der Waals surface area contributed by atoms with Gasteiger partial charge in [-0.2, -0.15) is 0 Å². The number of carbonyl (C=O) groups excluding carboxylic acids is 3. The molecule has 0 bridgehead atoms. The van der Waals surface area contributed by atoms with Crippen LogP contribution in [-0.2, 0) is 19.7 Å². The lowest BCUT2D eigenvalue weighted by Crippen LogP contribution is -2.58. The van der Waals surface area contributed by atoms with Gasteiger partial charge in [-0.3, -0.25) is 9.59 Å². The van der Waals surface area contributed by atoms with Gasteiger partial charge in [-0.05, 0) is 130 Å². The molecule has 56 heavy (non-hydrogen) atoms. The fourth-order valence-electron chi connectivity index (χ4n) is 10.1. The number of hydrogen-bond donors (Lipinski definition) is 1. The molecule has 1 spiro atoms. The molecule has 0 unspecified atom stereocenters. The molecule has 12 heteroatoms. The van der Waals surface area contributed by atoms with E-state index >= 15 is 4.79 Å². The van der Waals surface area contributed by atoms with Gasteiger partial charge in [0, 0.05) is 67.5 Å². The lowest BCUT2D eigenvalue weighted by atomic mass is 9.73. The number of anilines is 2. The molecule has 0 atom stereocenters. The molecule has 3 amide bonds. The van der Waals surface area contributed by atoms with E-state index in [1.54, 1.807) is 4.90 Å². The number of aromatic nitrogens is 3. The van der Waals surface area contributed by atoms with Crippen LogP contribution in [0.2, 0.25) is 0 Å². The van der Waals surface area contributed by atoms with Gasteiger partial charge in [0.2, 0.25) is 11.8 Å². The highest BCUT2D eigenvalue weighted by Crippen LogP contribution is 2.52. The molecule has 5 fully saturated rings. The summed E-state index contributed by atoms with van der Waals surface area (Å²) in [5, 5.41) is 3.69. The van der Waals surface area contributed by atoms with Crippen LogP contribution in [-0.4, -0.2) is 110 Å². The summed E-state index contributed by atoms with van der Waals surface area (Å²) in [4.78, 5) is 60.2. The van der Waals surface area contributed by atoms with Gasteiger partial charge in [0.15, 0.2) is 5.82 Å². The zero-order chi connectivity index (χ0) is 38.9. The Morgan fingerprint density at radius 2 is 1.61 bits per heavy atom. The molecule has 1 N–H and O–H groups in total. The first-order chi connectivity index (χ1) is 26.9. The van der Waals surface area contributed by atoms with Gasteiger partial charge in [0.05, 0.1) is 23.0 Å². The van der Waals surface area contributed by atoms with E-state index in [1.165, 1.54) is 19.3 Å². The van der Waals surface area contributed by atoms with Gasteiger partial charge >= 0.3 is 6.09 Å². The molecule has 12 nitrogen and oxygen atoms in total. The highest BCUT2D eigenvalue weighted by Gasteiger charge is 2.56. The van der Waals surface area contributed by atoms with Crippen molar-refractivity contribution in [2.75, 3.05) is 49.5 Å². The second kappa shape index (κ2) is 14.3. The monoisotopic (exact) mass is 764 g/mol. The molecule has 1 aromatic carbocycles. The Morgan fingerprint density at radius 1 is 0.893 bits per heavy atom. The highest BCUT2D eigenvalue weighted by molar-refractivity contribution is 6.09. The quantitative estimate of drug-likeness (QED) is 0.271. The average molecular weight is 765 g/mol. The molecule has 0 radical (unpaired) electrons. The Morgan fingerprint density at radius 3 is 2.27 bits per heavy atom. The van der Waals surface area contributed by atoms with E-state index in [9.17, 15) is 9.59 Å². The standard InChI is InChI=1S/C44H60N8O4/c1-28(2)51-27-45-36-26-35(47-39(38(36)51)46-31-10-11-31)30-9-12-34-37(23-30)52(33-24-32(25-33)48-17-7-6-8-18-48)41(54)44(34)15-21-49(22-16-44)40(53)29-13-19-50(20-14-29)42(55)56-43(3,4)5/h9,12,23,26-29,31-33H,6-8,10-11,13-22,24-25H2,1-5H3,(H,46,47). The van der Waals surface area contributed by atoms with Crippen LogP contribution in [0.25, 0.3) is 22.3 Å². The van der Waals surface area contributed by atoms with Crippen LogP contribution in [0.3, 0.4) is 0 Å². The molecular weight excluding hydrogens is 705 g/mol. The van der Waals surface area contributed by atoms with Crippen LogP contribution in [0.4, 0.5) is 16.3 Å². The third kappa shape index (κ3) is 6.83. The molecule has 3 aromatic rings. The fraction of sp³-hybridized carbons (Fsp3) is 0.659. The van der Waals surface area contributed by atoms with Crippen LogP contribution in [0.5, 0.6) is 0 Å². The van der Waals surface area contributed by atoms with Crippen LogP contribution in [0, 0.1) is 5.92 Å². The minimum Gasteiger partial charge on any atom is -0.444 e.